The van der Waals surface area contributed by atoms with E-state index in [0.29, 0.717) is 5.69 Å². The number of rotatable bonds is 5. The summed E-state index contributed by atoms with van der Waals surface area (Å²) in [4.78, 5) is 25.4. The minimum absolute atomic E-state index is 0.0433. The smallest absolute Gasteiger partial charge is 0.271 e. The topological polar surface area (TPSA) is 97.6 Å². The summed E-state index contributed by atoms with van der Waals surface area (Å²) >= 11 is 5.99. The maximum atomic E-state index is 13.3. The Hall–Kier alpha value is -2.45. The van der Waals surface area contributed by atoms with Gasteiger partial charge >= 0.3 is 0 Å². The normalized spacial score (nSPS) is 14.8. The summed E-state index contributed by atoms with van der Waals surface area (Å²) in [7, 11) is -3.61. The standard InChI is InChI=1S/C19H19ClN2O5S/c1-28(26,27)18-11-13(9-10-17(18)20)19(23)21(14-5-2-3-6-14)15-7-4-8-16(12-15)22(24)25/h4,7-12,14H,2-3,5-6H2,1H3. The number of sulfone groups is 1. The van der Waals surface area contributed by atoms with E-state index in [1.165, 1.54) is 41.3 Å². The van der Waals surface area contributed by atoms with Crippen molar-refractivity contribution in [3.8, 4) is 0 Å². The number of amides is 1. The summed E-state index contributed by atoms with van der Waals surface area (Å²) < 4.78 is 23.9. The third-order valence-electron chi connectivity index (χ3n) is 4.80. The second kappa shape index (κ2) is 7.89. The third-order valence-corrected chi connectivity index (χ3v) is 6.38. The van der Waals surface area contributed by atoms with Gasteiger partial charge < -0.3 is 4.90 Å². The molecule has 2 aromatic rings. The zero-order chi connectivity index (χ0) is 20.5. The molecule has 2 aromatic carbocycles. The van der Waals surface area contributed by atoms with Crippen LogP contribution in [-0.4, -0.2) is 31.5 Å². The largest absolute Gasteiger partial charge is 0.305 e. The van der Waals surface area contributed by atoms with Gasteiger partial charge in [-0.25, -0.2) is 8.42 Å². The summed E-state index contributed by atoms with van der Waals surface area (Å²) in [6.45, 7) is 0. The zero-order valence-electron chi connectivity index (χ0n) is 15.2. The second-order valence-electron chi connectivity index (χ2n) is 6.81. The van der Waals surface area contributed by atoms with E-state index in [1.54, 1.807) is 6.07 Å². The van der Waals surface area contributed by atoms with Crippen molar-refractivity contribution in [2.75, 3.05) is 11.2 Å². The van der Waals surface area contributed by atoms with Gasteiger partial charge in [-0.2, -0.15) is 0 Å². The predicted molar refractivity (Wildman–Crippen MR) is 107 cm³/mol. The fraction of sp³-hybridized carbons (Fsp3) is 0.316. The molecule has 9 heteroatoms. The van der Waals surface area contributed by atoms with Crippen molar-refractivity contribution >= 4 is 38.7 Å². The highest BCUT2D eigenvalue weighted by molar-refractivity contribution is 7.90. The monoisotopic (exact) mass is 422 g/mol. The number of nitro groups is 1. The Morgan fingerprint density at radius 1 is 1.18 bits per heavy atom. The first-order valence-electron chi connectivity index (χ1n) is 8.76. The number of nitro benzene ring substituents is 1. The highest BCUT2D eigenvalue weighted by atomic mass is 35.5. The first-order valence-corrected chi connectivity index (χ1v) is 11.0. The number of nitrogens with zero attached hydrogens (tertiary/aromatic N) is 2. The van der Waals surface area contributed by atoms with E-state index in [4.69, 9.17) is 11.6 Å². The van der Waals surface area contributed by atoms with Crippen LogP contribution in [0.2, 0.25) is 5.02 Å². The zero-order valence-corrected chi connectivity index (χ0v) is 16.7. The quantitative estimate of drug-likeness (QED) is 0.530. The molecule has 1 fully saturated rings. The van der Waals surface area contributed by atoms with E-state index in [0.717, 1.165) is 31.9 Å². The molecule has 0 spiro atoms. The van der Waals surface area contributed by atoms with Gasteiger partial charge in [-0.3, -0.25) is 14.9 Å². The second-order valence-corrected chi connectivity index (χ2v) is 9.20. The average molecular weight is 423 g/mol. The molecular formula is C19H19ClN2O5S. The SMILES string of the molecule is CS(=O)(=O)c1cc(C(=O)N(c2cccc([N+](=O)[O-])c2)C2CCCC2)ccc1Cl. The van der Waals surface area contributed by atoms with Crippen molar-refractivity contribution in [2.24, 2.45) is 0 Å². The number of carbonyl (C=O) groups is 1. The summed E-state index contributed by atoms with van der Waals surface area (Å²) in [5, 5.41) is 11.2. The van der Waals surface area contributed by atoms with Crippen molar-refractivity contribution in [2.45, 2.75) is 36.6 Å². The Balaban J connectivity index is 2.08. The number of carbonyl (C=O) groups excluding carboxylic acids is 1. The molecule has 0 radical (unpaired) electrons. The molecule has 28 heavy (non-hydrogen) atoms. The Labute approximate surface area is 168 Å². The lowest BCUT2D eigenvalue weighted by molar-refractivity contribution is -0.384. The molecular weight excluding hydrogens is 404 g/mol. The number of halogens is 1. The van der Waals surface area contributed by atoms with Crippen LogP contribution >= 0.6 is 11.6 Å². The molecule has 0 heterocycles. The van der Waals surface area contributed by atoms with Crippen molar-refractivity contribution in [3.63, 3.8) is 0 Å². The molecule has 0 bridgehead atoms. The average Bonchev–Trinajstić information content (AvgIpc) is 3.15. The maximum absolute atomic E-state index is 13.3. The highest BCUT2D eigenvalue weighted by Crippen LogP contribution is 2.32. The molecule has 1 aliphatic carbocycles. The molecule has 1 saturated carbocycles. The molecule has 3 rings (SSSR count). The number of non-ortho nitro benzene ring substituents is 1. The van der Waals surface area contributed by atoms with E-state index >= 15 is 0 Å². The van der Waals surface area contributed by atoms with Gasteiger partial charge in [0.15, 0.2) is 9.84 Å². The van der Waals surface area contributed by atoms with E-state index in [-0.39, 0.29) is 27.2 Å². The Kier molecular flexibility index (Phi) is 5.71. The molecule has 1 aliphatic rings. The van der Waals surface area contributed by atoms with E-state index in [2.05, 4.69) is 0 Å². The number of anilines is 1. The summed E-state index contributed by atoms with van der Waals surface area (Å²) in [5.74, 6) is -0.408. The molecule has 0 unspecified atom stereocenters. The van der Waals surface area contributed by atoms with E-state index in [9.17, 15) is 23.3 Å². The minimum atomic E-state index is -3.61. The van der Waals surface area contributed by atoms with Crippen LogP contribution in [0.4, 0.5) is 11.4 Å². The molecule has 0 aliphatic heterocycles. The van der Waals surface area contributed by atoms with Gasteiger partial charge in [-0.05, 0) is 37.1 Å². The van der Waals surface area contributed by atoms with Gasteiger partial charge in [0.2, 0.25) is 0 Å². The third kappa shape index (κ3) is 4.18. The van der Waals surface area contributed by atoms with Gasteiger partial charge in [-0.15, -0.1) is 0 Å². The molecule has 0 atom stereocenters. The Morgan fingerprint density at radius 3 is 2.46 bits per heavy atom. The molecule has 7 nitrogen and oxygen atoms in total. The van der Waals surface area contributed by atoms with E-state index in [1.807, 2.05) is 0 Å². The van der Waals surface area contributed by atoms with Crippen LogP contribution in [0, 0.1) is 10.1 Å². The Bertz CT molecular complexity index is 1030. The van der Waals surface area contributed by atoms with Gasteiger partial charge in [0, 0.05) is 30.0 Å². The molecule has 0 aromatic heterocycles. The Morgan fingerprint density at radius 2 is 1.86 bits per heavy atom. The molecule has 148 valence electrons. The van der Waals surface area contributed by atoms with Crippen molar-refractivity contribution in [1.29, 1.82) is 0 Å². The van der Waals surface area contributed by atoms with Crippen LogP contribution < -0.4 is 4.90 Å². The lowest BCUT2D eigenvalue weighted by Crippen LogP contribution is -2.39. The van der Waals surface area contributed by atoms with Gasteiger partial charge in [0.25, 0.3) is 11.6 Å². The predicted octanol–water partition coefficient (Wildman–Crippen LogP) is 4.24. The van der Waals surface area contributed by atoms with E-state index < -0.39 is 20.7 Å². The van der Waals surface area contributed by atoms with Crippen LogP contribution in [0.1, 0.15) is 36.0 Å². The number of hydrogen-bond donors (Lipinski definition) is 0. The van der Waals surface area contributed by atoms with Crippen LogP contribution in [0.15, 0.2) is 47.4 Å². The van der Waals surface area contributed by atoms with Gasteiger partial charge in [0.1, 0.15) is 0 Å². The molecule has 0 N–H and O–H groups in total. The lowest BCUT2D eigenvalue weighted by atomic mass is 10.1. The van der Waals surface area contributed by atoms with Crippen molar-refractivity contribution < 1.29 is 18.1 Å². The van der Waals surface area contributed by atoms with Crippen LogP contribution in [-0.2, 0) is 9.84 Å². The number of benzene rings is 2. The van der Waals surface area contributed by atoms with Crippen LogP contribution in [0.25, 0.3) is 0 Å². The highest BCUT2D eigenvalue weighted by Gasteiger charge is 2.30. The maximum Gasteiger partial charge on any atom is 0.271 e. The first-order chi connectivity index (χ1) is 13.2. The fourth-order valence-corrected chi connectivity index (χ4v) is 4.77. The first kappa shape index (κ1) is 20.3. The molecule has 1 amide bonds. The summed E-state index contributed by atoms with van der Waals surface area (Å²) in [5.41, 5.74) is 0.478. The van der Waals surface area contributed by atoms with Crippen molar-refractivity contribution in [1.82, 2.24) is 0 Å². The summed E-state index contributed by atoms with van der Waals surface area (Å²) in [6, 6.07) is 9.92. The molecule has 0 saturated heterocycles. The van der Waals surface area contributed by atoms with Gasteiger partial charge in [0.05, 0.1) is 20.5 Å². The number of hydrogen-bond acceptors (Lipinski definition) is 5. The van der Waals surface area contributed by atoms with Crippen LogP contribution in [0.3, 0.4) is 0 Å². The van der Waals surface area contributed by atoms with Crippen LogP contribution in [0.5, 0.6) is 0 Å². The minimum Gasteiger partial charge on any atom is -0.305 e. The summed E-state index contributed by atoms with van der Waals surface area (Å²) in [6.07, 6.45) is 4.50. The fourth-order valence-electron chi connectivity index (χ4n) is 3.47. The van der Waals surface area contributed by atoms with Gasteiger partial charge in [-0.1, -0.05) is 30.5 Å². The van der Waals surface area contributed by atoms with Crippen molar-refractivity contribution in [3.05, 3.63) is 63.2 Å². The lowest BCUT2D eigenvalue weighted by Gasteiger charge is -2.29.